The molecule has 0 amide bonds. The van der Waals surface area contributed by atoms with Crippen LogP contribution in [0.25, 0.3) is 11.0 Å². The summed E-state index contributed by atoms with van der Waals surface area (Å²) in [6.45, 7) is 2.98. The minimum absolute atomic E-state index is 0.0861. The van der Waals surface area contributed by atoms with Gasteiger partial charge in [0.25, 0.3) is 0 Å². The average Bonchev–Trinajstić information content (AvgIpc) is 2.86. The van der Waals surface area contributed by atoms with Gasteiger partial charge in [-0.3, -0.25) is 0 Å². The topological polar surface area (TPSA) is 27.1 Å². The van der Waals surface area contributed by atoms with E-state index in [1.165, 1.54) is 25.0 Å². The Balaban J connectivity index is 2.01. The van der Waals surface area contributed by atoms with Crippen LogP contribution in [-0.2, 0) is 6.54 Å². The Kier molecular flexibility index (Phi) is 4.65. The van der Waals surface area contributed by atoms with Gasteiger partial charge in [0.05, 0.1) is 23.5 Å². The highest BCUT2D eigenvalue weighted by Crippen LogP contribution is 2.31. The van der Waals surface area contributed by atoms with Crippen molar-refractivity contribution < 1.29 is 4.74 Å². The molecule has 114 valence electrons. The van der Waals surface area contributed by atoms with Crippen LogP contribution >= 0.6 is 23.4 Å². The quantitative estimate of drug-likeness (QED) is 0.767. The van der Waals surface area contributed by atoms with Crippen molar-refractivity contribution in [1.82, 2.24) is 9.55 Å². The van der Waals surface area contributed by atoms with Crippen molar-refractivity contribution >= 4 is 34.4 Å². The summed E-state index contributed by atoms with van der Waals surface area (Å²) in [5.74, 6) is 3.10. The number of methoxy groups -OCH3 is 1. The summed E-state index contributed by atoms with van der Waals surface area (Å²) in [6.07, 6.45) is 3.96. The van der Waals surface area contributed by atoms with E-state index < -0.39 is 0 Å². The SMILES string of the molecule is COc1ccc2nc(C(C)Cl)n(CC3CCCCS3)c2c1. The van der Waals surface area contributed by atoms with Crippen molar-refractivity contribution in [2.24, 2.45) is 0 Å². The van der Waals surface area contributed by atoms with Crippen LogP contribution in [0.2, 0.25) is 0 Å². The van der Waals surface area contributed by atoms with Crippen molar-refractivity contribution in [2.45, 2.75) is 43.4 Å². The number of fused-ring (bicyclic) bond motifs is 1. The van der Waals surface area contributed by atoms with Gasteiger partial charge in [-0.25, -0.2) is 4.98 Å². The normalized spacial score (nSPS) is 20.6. The maximum Gasteiger partial charge on any atom is 0.127 e. The largest absolute Gasteiger partial charge is 0.497 e. The Labute approximate surface area is 135 Å². The van der Waals surface area contributed by atoms with Crippen molar-refractivity contribution in [1.29, 1.82) is 0 Å². The predicted molar refractivity (Wildman–Crippen MR) is 90.7 cm³/mol. The zero-order valence-electron chi connectivity index (χ0n) is 12.5. The highest BCUT2D eigenvalue weighted by atomic mass is 35.5. The first-order valence-corrected chi connectivity index (χ1v) is 8.97. The number of aromatic nitrogens is 2. The maximum absolute atomic E-state index is 6.35. The second kappa shape index (κ2) is 6.49. The molecule has 2 unspecified atom stereocenters. The molecule has 0 bridgehead atoms. The monoisotopic (exact) mass is 324 g/mol. The average molecular weight is 325 g/mol. The summed E-state index contributed by atoms with van der Waals surface area (Å²) in [7, 11) is 1.70. The van der Waals surface area contributed by atoms with E-state index >= 15 is 0 Å². The van der Waals surface area contributed by atoms with E-state index in [4.69, 9.17) is 21.3 Å². The number of alkyl halides is 1. The van der Waals surface area contributed by atoms with Crippen LogP contribution in [-0.4, -0.2) is 27.7 Å². The Morgan fingerprint density at radius 2 is 2.33 bits per heavy atom. The van der Waals surface area contributed by atoms with Gasteiger partial charge in [-0.05, 0) is 37.7 Å². The molecule has 1 aromatic carbocycles. The molecule has 0 aliphatic carbocycles. The predicted octanol–water partition coefficient (Wildman–Crippen LogP) is 4.63. The van der Waals surface area contributed by atoms with Crippen molar-refractivity contribution in [2.75, 3.05) is 12.9 Å². The number of imidazole rings is 1. The van der Waals surface area contributed by atoms with Gasteiger partial charge in [-0.1, -0.05) is 6.42 Å². The van der Waals surface area contributed by atoms with E-state index in [-0.39, 0.29) is 5.38 Å². The van der Waals surface area contributed by atoms with Crippen molar-refractivity contribution in [3.63, 3.8) is 0 Å². The van der Waals surface area contributed by atoms with E-state index in [0.717, 1.165) is 29.2 Å². The Hall–Kier alpha value is -0.870. The van der Waals surface area contributed by atoms with E-state index in [1.807, 2.05) is 19.1 Å². The van der Waals surface area contributed by atoms with Gasteiger partial charge in [-0.15, -0.1) is 11.6 Å². The molecule has 1 aliphatic heterocycles. The van der Waals surface area contributed by atoms with Crippen LogP contribution in [0.1, 0.15) is 37.4 Å². The summed E-state index contributed by atoms with van der Waals surface area (Å²) in [4.78, 5) is 4.72. The van der Waals surface area contributed by atoms with E-state index in [1.54, 1.807) is 7.11 Å². The lowest BCUT2D eigenvalue weighted by atomic mass is 10.2. The Morgan fingerprint density at radius 3 is 3.00 bits per heavy atom. The number of nitrogens with zero attached hydrogens (tertiary/aromatic N) is 2. The molecule has 1 aromatic heterocycles. The summed E-state index contributed by atoms with van der Waals surface area (Å²) in [5.41, 5.74) is 2.13. The van der Waals surface area contributed by atoms with Gasteiger partial charge < -0.3 is 9.30 Å². The number of halogens is 1. The molecule has 0 radical (unpaired) electrons. The second-order valence-electron chi connectivity index (χ2n) is 5.54. The fraction of sp³-hybridized carbons (Fsp3) is 0.562. The summed E-state index contributed by atoms with van der Waals surface area (Å²) in [5, 5.41) is 0.577. The minimum Gasteiger partial charge on any atom is -0.497 e. The number of ether oxygens (including phenoxy) is 1. The molecule has 1 saturated heterocycles. The van der Waals surface area contributed by atoms with Crippen molar-refractivity contribution in [3.8, 4) is 5.75 Å². The Bertz CT molecular complexity index is 620. The summed E-state index contributed by atoms with van der Waals surface area (Å²) >= 11 is 8.43. The van der Waals surface area contributed by atoms with E-state index in [2.05, 4.69) is 22.4 Å². The van der Waals surface area contributed by atoms with Gasteiger partial charge in [0.1, 0.15) is 11.6 Å². The van der Waals surface area contributed by atoms with E-state index in [0.29, 0.717) is 5.25 Å². The fourth-order valence-electron chi connectivity index (χ4n) is 2.90. The number of benzene rings is 1. The molecule has 1 fully saturated rings. The third-order valence-corrected chi connectivity index (χ3v) is 5.58. The van der Waals surface area contributed by atoms with Crippen molar-refractivity contribution in [3.05, 3.63) is 24.0 Å². The molecular weight excluding hydrogens is 304 g/mol. The molecule has 0 spiro atoms. The number of hydrogen-bond acceptors (Lipinski definition) is 3. The third-order valence-electron chi connectivity index (χ3n) is 4.00. The molecule has 21 heavy (non-hydrogen) atoms. The lowest BCUT2D eigenvalue weighted by molar-refractivity contribution is 0.415. The first kappa shape index (κ1) is 15.0. The van der Waals surface area contributed by atoms with Crippen LogP contribution in [0.3, 0.4) is 0 Å². The maximum atomic E-state index is 6.35. The van der Waals surface area contributed by atoms with Gasteiger partial charge in [0.15, 0.2) is 0 Å². The molecule has 3 nitrogen and oxygen atoms in total. The summed E-state index contributed by atoms with van der Waals surface area (Å²) in [6, 6.07) is 6.04. The fourth-order valence-corrected chi connectivity index (χ4v) is 4.36. The molecule has 2 atom stereocenters. The van der Waals surface area contributed by atoms with Crippen LogP contribution < -0.4 is 4.74 Å². The molecule has 5 heteroatoms. The van der Waals surface area contributed by atoms with E-state index in [9.17, 15) is 0 Å². The van der Waals surface area contributed by atoms with Gasteiger partial charge in [-0.2, -0.15) is 11.8 Å². The number of thioether (sulfide) groups is 1. The lowest BCUT2D eigenvalue weighted by Gasteiger charge is -2.23. The zero-order valence-corrected chi connectivity index (χ0v) is 14.1. The van der Waals surface area contributed by atoms with Gasteiger partial charge in [0.2, 0.25) is 0 Å². The van der Waals surface area contributed by atoms with Crippen LogP contribution in [0, 0.1) is 0 Å². The highest BCUT2D eigenvalue weighted by Gasteiger charge is 2.20. The summed E-state index contributed by atoms with van der Waals surface area (Å²) < 4.78 is 7.65. The van der Waals surface area contributed by atoms with Crippen LogP contribution in [0.15, 0.2) is 18.2 Å². The molecule has 3 rings (SSSR count). The molecular formula is C16H21ClN2OS. The minimum atomic E-state index is -0.0861. The van der Waals surface area contributed by atoms with Crippen LogP contribution in [0.5, 0.6) is 5.75 Å². The number of hydrogen-bond donors (Lipinski definition) is 0. The molecule has 0 N–H and O–H groups in total. The zero-order chi connectivity index (χ0) is 14.8. The van der Waals surface area contributed by atoms with Gasteiger partial charge in [0, 0.05) is 17.9 Å². The molecule has 2 heterocycles. The first-order valence-electron chi connectivity index (χ1n) is 7.49. The number of rotatable bonds is 4. The standard InChI is InChI=1S/C16H21ClN2OS/c1-11(17)16-18-14-7-6-12(20-2)9-15(14)19(16)10-13-5-3-4-8-21-13/h6-7,9,11,13H,3-5,8,10H2,1-2H3. The van der Waals surface area contributed by atoms with Crippen LogP contribution in [0.4, 0.5) is 0 Å². The van der Waals surface area contributed by atoms with Gasteiger partial charge >= 0.3 is 0 Å². The highest BCUT2D eigenvalue weighted by molar-refractivity contribution is 7.99. The third kappa shape index (κ3) is 3.16. The first-order chi connectivity index (χ1) is 10.2. The molecule has 0 saturated carbocycles. The molecule has 1 aliphatic rings. The smallest absolute Gasteiger partial charge is 0.127 e. The lowest BCUT2D eigenvalue weighted by Crippen LogP contribution is -2.18. The molecule has 2 aromatic rings. The Morgan fingerprint density at radius 1 is 1.48 bits per heavy atom. The second-order valence-corrected chi connectivity index (χ2v) is 7.60.